The minimum atomic E-state index is 0.0362. The van der Waals surface area contributed by atoms with Crippen LogP contribution in [0.25, 0.3) is 5.69 Å². The second kappa shape index (κ2) is 8.28. The Morgan fingerprint density at radius 1 is 1.14 bits per heavy atom. The topological polar surface area (TPSA) is 33.1 Å². The summed E-state index contributed by atoms with van der Waals surface area (Å²) in [5.41, 5.74) is 5.94. The number of thiocarbonyl (C=S) groups is 1. The Hall–Kier alpha value is -2.18. The van der Waals surface area contributed by atoms with Crippen LogP contribution in [0.15, 0.2) is 59.2 Å². The smallest absolute Gasteiger partial charge is 0.170 e. The molecule has 3 heterocycles. The van der Waals surface area contributed by atoms with Gasteiger partial charge in [-0.2, -0.15) is 0 Å². The number of nitrogens with one attached hydrogen (secondary N) is 1. The molecule has 0 spiro atoms. The van der Waals surface area contributed by atoms with Gasteiger partial charge in [-0.25, -0.2) is 0 Å². The first-order valence-corrected chi connectivity index (χ1v) is 11.1. The number of hydrogen-bond donors (Lipinski definition) is 1. The summed E-state index contributed by atoms with van der Waals surface area (Å²) in [6, 6.07) is 17.0. The molecule has 0 bridgehead atoms. The minimum Gasteiger partial charge on any atom is -0.352 e. The van der Waals surface area contributed by atoms with Crippen molar-refractivity contribution in [2.75, 3.05) is 6.54 Å². The highest BCUT2D eigenvalue weighted by atomic mass is 79.9. The van der Waals surface area contributed by atoms with E-state index in [9.17, 15) is 0 Å². The van der Waals surface area contributed by atoms with Gasteiger partial charge < -0.3 is 14.8 Å². The molecule has 1 aliphatic rings. The number of rotatable bonds is 5. The number of aryl methyl sites for hydroxylation is 1. The largest absolute Gasteiger partial charge is 0.352 e. The van der Waals surface area contributed by atoms with Gasteiger partial charge >= 0.3 is 0 Å². The van der Waals surface area contributed by atoms with Crippen LogP contribution in [0.1, 0.15) is 48.1 Å². The molecule has 0 aliphatic carbocycles. The van der Waals surface area contributed by atoms with Gasteiger partial charge in [-0.1, -0.05) is 28.9 Å². The highest BCUT2D eigenvalue weighted by Crippen LogP contribution is 2.41. The van der Waals surface area contributed by atoms with Crippen molar-refractivity contribution in [2.45, 2.75) is 39.3 Å². The maximum absolute atomic E-state index is 5.73. The third-order valence-corrected chi connectivity index (χ3v) is 6.42. The van der Waals surface area contributed by atoms with E-state index in [1.54, 1.807) is 0 Å². The molecule has 3 aromatic rings. The summed E-state index contributed by atoms with van der Waals surface area (Å²) in [5.74, 6) is 0. The van der Waals surface area contributed by atoms with Gasteiger partial charge in [0.25, 0.3) is 0 Å². The van der Waals surface area contributed by atoms with Crippen LogP contribution in [0.2, 0.25) is 0 Å². The van der Waals surface area contributed by atoms with Crippen molar-refractivity contribution in [2.24, 2.45) is 0 Å². The molecule has 6 heteroatoms. The number of nitrogens with zero attached hydrogens (tertiary/aromatic N) is 3. The number of halogens is 1. The Kier molecular flexibility index (Phi) is 5.74. The van der Waals surface area contributed by atoms with Gasteiger partial charge in [0.1, 0.15) is 0 Å². The Labute approximate surface area is 186 Å². The lowest BCUT2D eigenvalue weighted by Gasteiger charge is -2.27. The van der Waals surface area contributed by atoms with Crippen LogP contribution >= 0.6 is 28.1 Å². The SMILES string of the molecule is CCCN1C(=S)N[C@H](c2ccccn2)[C@H]1c1cc(C)n(-c2ccc(Br)cc2)c1C. The van der Waals surface area contributed by atoms with E-state index < -0.39 is 0 Å². The zero-order valence-corrected chi connectivity index (χ0v) is 19.3. The highest BCUT2D eigenvalue weighted by molar-refractivity contribution is 9.10. The maximum Gasteiger partial charge on any atom is 0.170 e. The number of aromatic nitrogens is 2. The molecule has 0 saturated carbocycles. The fourth-order valence-corrected chi connectivity index (χ4v) is 4.90. The average molecular weight is 469 g/mol. The Bertz CT molecular complexity index is 1010. The fraction of sp³-hybridized carbons (Fsp3) is 0.304. The minimum absolute atomic E-state index is 0.0362. The maximum atomic E-state index is 5.73. The third-order valence-electron chi connectivity index (χ3n) is 5.54. The monoisotopic (exact) mass is 468 g/mol. The summed E-state index contributed by atoms with van der Waals surface area (Å²) in [5, 5.41) is 4.34. The van der Waals surface area contributed by atoms with Gasteiger partial charge in [-0.05, 0) is 80.5 Å². The molecule has 29 heavy (non-hydrogen) atoms. The molecule has 1 fully saturated rings. The average Bonchev–Trinajstić information content (AvgIpc) is 3.20. The second-order valence-electron chi connectivity index (χ2n) is 7.46. The van der Waals surface area contributed by atoms with E-state index in [0.717, 1.165) is 28.2 Å². The van der Waals surface area contributed by atoms with E-state index in [4.69, 9.17) is 12.2 Å². The lowest BCUT2D eigenvalue weighted by atomic mass is 9.96. The molecule has 2 atom stereocenters. The fourth-order valence-electron chi connectivity index (χ4n) is 4.30. The zero-order chi connectivity index (χ0) is 20.5. The van der Waals surface area contributed by atoms with E-state index in [1.165, 1.54) is 22.6 Å². The van der Waals surface area contributed by atoms with Crippen molar-refractivity contribution in [1.29, 1.82) is 0 Å². The first-order valence-electron chi connectivity index (χ1n) is 9.94. The van der Waals surface area contributed by atoms with Crippen LogP contribution in [0.4, 0.5) is 0 Å². The Morgan fingerprint density at radius 3 is 2.55 bits per heavy atom. The predicted molar refractivity (Wildman–Crippen MR) is 125 cm³/mol. The van der Waals surface area contributed by atoms with E-state index in [1.807, 2.05) is 18.3 Å². The van der Waals surface area contributed by atoms with Crippen molar-refractivity contribution in [3.05, 3.63) is 81.8 Å². The number of pyridine rings is 1. The summed E-state index contributed by atoms with van der Waals surface area (Å²) in [7, 11) is 0. The molecule has 1 aromatic carbocycles. The van der Waals surface area contributed by atoms with Gasteiger partial charge in [-0.15, -0.1) is 0 Å². The lowest BCUT2D eigenvalue weighted by Crippen LogP contribution is -2.30. The van der Waals surface area contributed by atoms with Crippen molar-refractivity contribution in [3.8, 4) is 5.69 Å². The summed E-state index contributed by atoms with van der Waals surface area (Å²) >= 11 is 9.26. The molecule has 0 amide bonds. The van der Waals surface area contributed by atoms with Crippen molar-refractivity contribution in [1.82, 2.24) is 19.8 Å². The summed E-state index contributed by atoms with van der Waals surface area (Å²) in [4.78, 5) is 6.95. The molecule has 1 saturated heterocycles. The van der Waals surface area contributed by atoms with Crippen LogP contribution in [-0.2, 0) is 0 Å². The molecular formula is C23H25BrN4S. The molecule has 4 nitrogen and oxygen atoms in total. The first-order chi connectivity index (χ1) is 14.0. The van der Waals surface area contributed by atoms with E-state index in [-0.39, 0.29) is 12.1 Å². The van der Waals surface area contributed by atoms with Gasteiger partial charge in [0.05, 0.1) is 17.8 Å². The first kappa shape index (κ1) is 20.1. The third kappa shape index (κ3) is 3.71. The van der Waals surface area contributed by atoms with E-state index in [2.05, 4.69) is 92.9 Å². The highest BCUT2D eigenvalue weighted by Gasteiger charge is 2.40. The number of benzene rings is 1. The summed E-state index contributed by atoms with van der Waals surface area (Å²) in [6.07, 6.45) is 2.89. The van der Waals surface area contributed by atoms with Crippen LogP contribution in [-0.4, -0.2) is 26.1 Å². The van der Waals surface area contributed by atoms with Gasteiger partial charge in [0, 0.05) is 34.3 Å². The summed E-state index contributed by atoms with van der Waals surface area (Å²) < 4.78 is 3.40. The van der Waals surface area contributed by atoms with Gasteiger partial charge in [0.15, 0.2) is 5.11 Å². The van der Waals surface area contributed by atoms with Crippen LogP contribution in [0.3, 0.4) is 0 Å². The molecule has 150 valence electrons. The molecule has 1 aliphatic heterocycles. The van der Waals surface area contributed by atoms with Crippen molar-refractivity contribution in [3.63, 3.8) is 0 Å². The van der Waals surface area contributed by atoms with E-state index in [0.29, 0.717) is 0 Å². The lowest BCUT2D eigenvalue weighted by molar-refractivity contribution is 0.316. The van der Waals surface area contributed by atoms with Crippen LogP contribution < -0.4 is 5.32 Å². The van der Waals surface area contributed by atoms with Crippen LogP contribution in [0, 0.1) is 13.8 Å². The van der Waals surface area contributed by atoms with Crippen molar-refractivity contribution >= 4 is 33.3 Å². The van der Waals surface area contributed by atoms with Gasteiger partial charge in [-0.3, -0.25) is 4.98 Å². The summed E-state index contributed by atoms with van der Waals surface area (Å²) in [6.45, 7) is 7.48. The number of hydrogen-bond acceptors (Lipinski definition) is 2. The quantitative estimate of drug-likeness (QED) is 0.491. The molecule has 2 aromatic heterocycles. The molecule has 0 radical (unpaired) electrons. The molecule has 1 N–H and O–H groups in total. The molecule has 0 unspecified atom stereocenters. The Balaban J connectivity index is 1.82. The van der Waals surface area contributed by atoms with E-state index >= 15 is 0 Å². The zero-order valence-electron chi connectivity index (χ0n) is 16.9. The van der Waals surface area contributed by atoms with Crippen LogP contribution in [0.5, 0.6) is 0 Å². The van der Waals surface area contributed by atoms with Gasteiger partial charge in [0.2, 0.25) is 0 Å². The predicted octanol–water partition coefficient (Wildman–Crippen LogP) is 5.63. The molecular weight excluding hydrogens is 444 g/mol. The second-order valence-corrected chi connectivity index (χ2v) is 8.76. The standard InChI is InChI=1S/C23H25BrN4S/c1-4-13-27-22(21(26-23(27)29)20-7-5-6-12-25-20)19-14-15(2)28(16(19)3)18-10-8-17(24)9-11-18/h5-12,14,21-22H,4,13H2,1-3H3,(H,26,29)/t21-,22-/m1/s1. The van der Waals surface area contributed by atoms with Crippen molar-refractivity contribution < 1.29 is 0 Å². The molecule has 4 rings (SSSR count). The normalized spacial score (nSPS) is 18.9. The Morgan fingerprint density at radius 2 is 1.90 bits per heavy atom.